The lowest BCUT2D eigenvalue weighted by Gasteiger charge is -2.29. The molecule has 0 unspecified atom stereocenters. The molecule has 4 rings (SSSR count). The lowest BCUT2D eigenvalue weighted by atomic mass is 10.1. The Bertz CT molecular complexity index is 990. The molecule has 0 saturated carbocycles. The number of piperidine rings is 1. The first kappa shape index (κ1) is 21.1. The van der Waals surface area contributed by atoms with Gasteiger partial charge in [-0.15, -0.1) is 11.3 Å². The van der Waals surface area contributed by atoms with Crippen molar-refractivity contribution in [2.45, 2.75) is 44.6 Å². The summed E-state index contributed by atoms with van der Waals surface area (Å²) in [6.45, 7) is 3.83. The van der Waals surface area contributed by atoms with Gasteiger partial charge in [0, 0.05) is 19.2 Å². The second-order valence-electron chi connectivity index (χ2n) is 7.95. The Balaban J connectivity index is 1.21. The fraction of sp³-hybridized carbons (Fsp3) is 0.458. The van der Waals surface area contributed by atoms with E-state index in [1.54, 1.807) is 23.5 Å². The molecule has 1 saturated heterocycles. The zero-order valence-corrected chi connectivity index (χ0v) is 18.0. The molecule has 3 aromatic rings. The van der Waals surface area contributed by atoms with Crippen molar-refractivity contribution in [3.63, 3.8) is 0 Å². The van der Waals surface area contributed by atoms with Crippen LogP contribution in [0.4, 0.5) is 0 Å². The van der Waals surface area contributed by atoms with Crippen molar-refractivity contribution in [1.82, 2.24) is 4.90 Å². The van der Waals surface area contributed by atoms with Crippen LogP contribution in [0, 0.1) is 0 Å². The molecule has 1 N–H and O–H groups in total. The highest BCUT2D eigenvalue weighted by atomic mass is 32.1. The monoisotopic (exact) mass is 427 g/mol. The Morgan fingerprint density at radius 1 is 1.10 bits per heavy atom. The quantitative estimate of drug-likeness (QED) is 0.491. The molecule has 6 heteroatoms. The van der Waals surface area contributed by atoms with Gasteiger partial charge in [0.15, 0.2) is 5.43 Å². The number of hydrogen-bond acceptors (Lipinski definition) is 6. The highest BCUT2D eigenvalue weighted by molar-refractivity contribution is 7.13. The van der Waals surface area contributed by atoms with Gasteiger partial charge < -0.3 is 19.2 Å². The van der Waals surface area contributed by atoms with Crippen LogP contribution in [0.5, 0.6) is 5.75 Å². The largest absolute Gasteiger partial charge is 0.494 e. The maximum Gasteiger partial charge on any atom is 0.193 e. The molecule has 0 radical (unpaired) electrons. The van der Waals surface area contributed by atoms with Crippen molar-refractivity contribution >= 4 is 22.3 Å². The number of aliphatic hydroxyl groups excluding tert-OH is 1. The van der Waals surface area contributed by atoms with E-state index in [1.165, 1.54) is 12.8 Å². The maximum atomic E-state index is 12.5. The van der Waals surface area contributed by atoms with Crippen molar-refractivity contribution in [3.05, 3.63) is 52.0 Å². The predicted molar refractivity (Wildman–Crippen MR) is 121 cm³/mol. The lowest BCUT2D eigenvalue weighted by molar-refractivity contribution is 0.0817. The molecule has 0 atom stereocenters. The Kier molecular flexibility index (Phi) is 7.20. The fourth-order valence-electron chi connectivity index (χ4n) is 3.89. The zero-order chi connectivity index (χ0) is 20.8. The molecule has 0 spiro atoms. The molecule has 3 heterocycles. The van der Waals surface area contributed by atoms with E-state index in [4.69, 9.17) is 9.15 Å². The minimum absolute atomic E-state index is 0.0460. The first-order valence-electron chi connectivity index (χ1n) is 10.8. The van der Waals surface area contributed by atoms with Crippen molar-refractivity contribution in [2.75, 3.05) is 26.2 Å². The second kappa shape index (κ2) is 10.2. The summed E-state index contributed by atoms with van der Waals surface area (Å²) in [6, 6.07) is 10.9. The normalized spacial score (nSPS) is 15.6. The van der Waals surface area contributed by atoms with E-state index in [0.29, 0.717) is 29.1 Å². The van der Waals surface area contributed by atoms with Gasteiger partial charge in [-0.3, -0.25) is 4.79 Å². The number of unbranched alkanes of at least 4 members (excludes halogenated alkanes) is 3. The van der Waals surface area contributed by atoms with E-state index in [9.17, 15) is 9.90 Å². The SMILES string of the molecule is O=c1cc(-c2cccs2)oc2ccc(OCCCCCCN3CCC(O)CC3)cc12. The van der Waals surface area contributed by atoms with Gasteiger partial charge in [-0.2, -0.15) is 0 Å². The average molecular weight is 428 g/mol. The third-order valence-corrected chi connectivity index (χ3v) is 6.54. The molecule has 0 aliphatic carbocycles. The third-order valence-electron chi connectivity index (χ3n) is 5.66. The van der Waals surface area contributed by atoms with Gasteiger partial charge in [-0.25, -0.2) is 0 Å². The molecule has 1 fully saturated rings. The van der Waals surface area contributed by atoms with Crippen LogP contribution >= 0.6 is 11.3 Å². The molecule has 2 aromatic heterocycles. The van der Waals surface area contributed by atoms with Crippen LogP contribution in [0.15, 0.2) is 51.0 Å². The minimum Gasteiger partial charge on any atom is -0.494 e. The van der Waals surface area contributed by atoms with Gasteiger partial charge in [0.2, 0.25) is 0 Å². The van der Waals surface area contributed by atoms with E-state index < -0.39 is 0 Å². The number of thiophene rings is 1. The van der Waals surface area contributed by atoms with Crippen molar-refractivity contribution in [2.24, 2.45) is 0 Å². The standard InChI is InChI=1S/C24H29NO4S/c26-18-9-12-25(13-10-18)11-3-1-2-4-14-28-19-7-8-22-20(16-19)21(27)17-23(29-22)24-6-5-15-30-24/h5-8,15-18,26H,1-4,9-14H2. The highest BCUT2D eigenvalue weighted by Crippen LogP contribution is 2.27. The first-order valence-corrected chi connectivity index (χ1v) is 11.7. The Labute approximate surface area is 180 Å². The van der Waals surface area contributed by atoms with Crippen molar-refractivity contribution in [1.29, 1.82) is 0 Å². The molecule has 160 valence electrons. The molecule has 0 amide bonds. The average Bonchev–Trinajstić information content (AvgIpc) is 3.29. The summed E-state index contributed by atoms with van der Waals surface area (Å²) >= 11 is 1.55. The Morgan fingerprint density at radius 3 is 2.73 bits per heavy atom. The van der Waals surface area contributed by atoms with Crippen LogP contribution in [-0.4, -0.2) is 42.4 Å². The summed E-state index contributed by atoms with van der Waals surface area (Å²) in [4.78, 5) is 15.9. The second-order valence-corrected chi connectivity index (χ2v) is 8.89. The molecular formula is C24H29NO4S. The number of benzene rings is 1. The van der Waals surface area contributed by atoms with Gasteiger partial charge in [0.05, 0.1) is 23.0 Å². The van der Waals surface area contributed by atoms with Crippen molar-refractivity contribution < 1.29 is 14.3 Å². The topological polar surface area (TPSA) is 62.9 Å². The van der Waals surface area contributed by atoms with Gasteiger partial charge in [0.1, 0.15) is 17.1 Å². The van der Waals surface area contributed by atoms with Crippen LogP contribution in [0.25, 0.3) is 21.6 Å². The predicted octanol–water partition coefficient (Wildman–Crippen LogP) is 4.92. The smallest absolute Gasteiger partial charge is 0.193 e. The van der Waals surface area contributed by atoms with Gasteiger partial charge in [-0.1, -0.05) is 18.9 Å². The van der Waals surface area contributed by atoms with Crippen LogP contribution in [0.2, 0.25) is 0 Å². The number of likely N-dealkylation sites (tertiary alicyclic amines) is 1. The van der Waals surface area contributed by atoms with Gasteiger partial charge >= 0.3 is 0 Å². The summed E-state index contributed by atoms with van der Waals surface area (Å²) in [5, 5.41) is 12.1. The van der Waals surface area contributed by atoms with Crippen LogP contribution in [0.3, 0.4) is 0 Å². The maximum absolute atomic E-state index is 12.5. The zero-order valence-electron chi connectivity index (χ0n) is 17.2. The summed E-state index contributed by atoms with van der Waals surface area (Å²) in [7, 11) is 0. The van der Waals surface area contributed by atoms with Crippen LogP contribution in [-0.2, 0) is 0 Å². The summed E-state index contributed by atoms with van der Waals surface area (Å²) in [6.07, 6.45) is 6.25. The van der Waals surface area contributed by atoms with Crippen LogP contribution in [0.1, 0.15) is 38.5 Å². The number of ether oxygens (including phenoxy) is 1. The van der Waals surface area contributed by atoms with Gasteiger partial charge in [0.25, 0.3) is 0 Å². The van der Waals surface area contributed by atoms with E-state index in [-0.39, 0.29) is 11.5 Å². The van der Waals surface area contributed by atoms with E-state index in [0.717, 1.165) is 50.2 Å². The molecule has 1 aliphatic rings. The molecule has 30 heavy (non-hydrogen) atoms. The lowest BCUT2D eigenvalue weighted by Crippen LogP contribution is -2.36. The molecular weight excluding hydrogens is 398 g/mol. The minimum atomic E-state index is -0.0945. The fourth-order valence-corrected chi connectivity index (χ4v) is 4.57. The van der Waals surface area contributed by atoms with E-state index >= 15 is 0 Å². The third kappa shape index (κ3) is 5.50. The van der Waals surface area contributed by atoms with Crippen molar-refractivity contribution in [3.8, 4) is 16.4 Å². The number of rotatable bonds is 9. The molecule has 1 aliphatic heterocycles. The molecule has 1 aromatic carbocycles. The van der Waals surface area contributed by atoms with E-state index in [1.807, 2.05) is 29.6 Å². The summed E-state index contributed by atoms with van der Waals surface area (Å²) < 4.78 is 11.8. The highest BCUT2D eigenvalue weighted by Gasteiger charge is 2.16. The molecule has 5 nitrogen and oxygen atoms in total. The molecule has 0 bridgehead atoms. The summed E-state index contributed by atoms with van der Waals surface area (Å²) in [5.41, 5.74) is 0.541. The van der Waals surface area contributed by atoms with Gasteiger partial charge in [-0.05, 0) is 61.9 Å². The first-order chi connectivity index (χ1) is 14.7. The number of nitrogens with zero attached hydrogens (tertiary/aromatic N) is 1. The number of hydrogen-bond donors (Lipinski definition) is 1. The number of fused-ring (bicyclic) bond motifs is 1. The van der Waals surface area contributed by atoms with Crippen LogP contribution < -0.4 is 10.2 Å². The van der Waals surface area contributed by atoms with E-state index in [2.05, 4.69) is 4.90 Å². The number of aliphatic hydroxyl groups is 1. The Hall–Kier alpha value is -2.15. The Morgan fingerprint density at radius 2 is 1.93 bits per heavy atom. The summed E-state index contributed by atoms with van der Waals surface area (Å²) in [5.74, 6) is 1.32.